The lowest BCUT2D eigenvalue weighted by molar-refractivity contribution is 0.00122. The lowest BCUT2D eigenvalue weighted by Crippen LogP contribution is -2.35. The molecule has 0 bridgehead atoms. The summed E-state index contributed by atoms with van der Waals surface area (Å²) in [5.41, 5.74) is 0. The molecule has 1 fully saturated rings. The van der Waals surface area contributed by atoms with Gasteiger partial charge in [-0.2, -0.15) is 0 Å². The molecule has 0 saturated carbocycles. The summed E-state index contributed by atoms with van der Waals surface area (Å²) in [5, 5.41) is 0. The largest absolute Gasteiger partial charge is 0.364 e. The monoisotopic (exact) mass is 160 g/mol. The molecule has 1 unspecified atom stereocenters. The maximum Gasteiger partial charge on any atom is 0.113 e. The summed E-state index contributed by atoms with van der Waals surface area (Å²) >= 11 is 1.95. The molecule has 1 aliphatic rings. The van der Waals surface area contributed by atoms with E-state index in [1.807, 2.05) is 11.8 Å². The van der Waals surface area contributed by atoms with Gasteiger partial charge in [-0.25, -0.2) is 0 Å². The molecule has 1 heterocycles. The molecular formula is C8H16OS. The number of hydrogen-bond donors (Lipinski definition) is 0. The van der Waals surface area contributed by atoms with Crippen LogP contribution in [0, 0.1) is 5.92 Å². The van der Waals surface area contributed by atoms with Gasteiger partial charge in [0, 0.05) is 6.61 Å². The van der Waals surface area contributed by atoms with E-state index >= 15 is 0 Å². The SMILES string of the molecule is CC(C)C1(C)OCCCS1. The molecule has 0 aromatic rings. The molecule has 0 radical (unpaired) electrons. The van der Waals surface area contributed by atoms with Crippen molar-refractivity contribution in [2.45, 2.75) is 32.1 Å². The Labute approximate surface area is 67.5 Å². The zero-order chi connectivity index (χ0) is 7.61. The van der Waals surface area contributed by atoms with E-state index in [1.54, 1.807) is 0 Å². The molecule has 1 nitrogen and oxygen atoms in total. The number of ether oxygens (including phenoxy) is 1. The van der Waals surface area contributed by atoms with Crippen molar-refractivity contribution in [3.63, 3.8) is 0 Å². The zero-order valence-corrected chi connectivity index (χ0v) is 7.83. The van der Waals surface area contributed by atoms with Gasteiger partial charge in [0.2, 0.25) is 0 Å². The molecule has 0 aromatic carbocycles. The van der Waals surface area contributed by atoms with Gasteiger partial charge >= 0.3 is 0 Å². The minimum absolute atomic E-state index is 0.0955. The van der Waals surface area contributed by atoms with Crippen LogP contribution in [0.3, 0.4) is 0 Å². The Bertz CT molecular complexity index is 106. The molecule has 1 aliphatic heterocycles. The quantitative estimate of drug-likeness (QED) is 0.583. The fourth-order valence-corrected chi connectivity index (χ4v) is 2.15. The van der Waals surface area contributed by atoms with Gasteiger partial charge in [-0.15, -0.1) is 11.8 Å². The van der Waals surface area contributed by atoms with Gasteiger partial charge in [0.25, 0.3) is 0 Å². The number of thioether (sulfide) groups is 1. The Kier molecular flexibility index (Phi) is 2.64. The maximum absolute atomic E-state index is 5.69. The van der Waals surface area contributed by atoms with E-state index in [4.69, 9.17) is 4.74 Å². The Morgan fingerprint density at radius 3 is 2.50 bits per heavy atom. The lowest BCUT2D eigenvalue weighted by atomic mass is 10.1. The first kappa shape index (κ1) is 8.41. The van der Waals surface area contributed by atoms with E-state index in [-0.39, 0.29) is 4.93 Å². The topological polar surface area (TPSA) is 9.23 Å². The first-order valence-corrected chi connectivity index (χ1v) is 4.91. The Hall–Kier alpha value is 0.310. The van der Waals surface area contributed by atoms with Gasteiger partial charge < -0.3 is 4.74 Å². The predicted molar refractivity (Wildman–Crippen MR) is 46.3 cm³/mol. The molecule has 0 aliphatic carbocycles. The molecule has 0 amide bonds. The Morgan fingerprint density at radius 2 is 2.20 bits per heavy atom. The summed E-state index contributed by atoms with van der Waals surface area (Å²) in [6.45, 7) is 7.58. The normalized spacial score (nSPS) is 34.8. The van der Waals surface area contributed by atoms with Gasteiger partial charge in [0.05, 0.1) is 0 Å². The van der Waals surface area contributed by atoms with E-state index < -0.39 is 0 Å². The van der Waals surface area contributed by atoms with Crippen LogP contribution in [0.1, 0.15) is 27.2 Å². The van der Waals surface area contributed by atoms with Crippen molar-refractivity contribution < 1.29 is 4.74 Å². The van der Waals surface area contributed by atoms with Crippen molar-refractivity contribution in [2.24, 2.45) is 5.92 Å². The first-order valence-electron chi connectivity index (χ1n) is 3.93. The second-order valence-electron chi connectivity index (χ2n) is 3.22. The Morgan fingerprint density at radius 1 is 1.50 bits per heavy atom. The first-order chi connectivity index (χ1) is 4.65. The Balaban J connectivity index is 2.48. The van der Waals surface area contributed by atoms with Crippen molar-refractivity contribution >= 4 is 11.8 Å². The summed E-state index contributed by atoms with van der Waals surface area (Å²) in [5.74, 6) is 1.88. The van der Waals surface area contributed by atoms with Gasteiger partial charge in [0.1, 0.15) is 4.93 Å². The van der Waals surface area contributed by atoms with Crippen LogP contribution in [0.2, 0.25) is 0 Å². The molecule has 10 heavy (non-hydrogen) atoms. The smallest absolute Gasteiger partial charge is 0.113 e. The van der Waals surface area contributed by atoms with Crippen LogP contribution < -0.4 is 0 Å². The minimum Gasteiger partial charge on any atom is -0.364 e. The van der Waals surface area contributed by atoms with Gasteiger partial charge in [-0.1, -0.05) is 13.8 Å². The van der Waals surface area contributed by atoms with Crippen molar-refractivity contribution in [3.8, 4) is 0 Å². The van der Waals surface area contributed by atoms with Crippen LogP contribution in [-0.4, -0.2) is 17.3 Å². The summed E-state index contributed by atoms with van der Waals surface area (Å²) in [7, 11) is 0. The molecule has 0 aromatic heterocycles. The maximum atomic E-state index is 5.69. The van der Waals surface area contributed by atoms with Crippen LogP contribution in [0.4, 0.5) is 0 Å². The van der Waals surface area contributed by atoms with E-state index in [0.29, 0.717) is 5.92 Å². The summed E-state index contributed by atoms with van der Waals surface area (Å²) in [6.07, 6.45) is 1.22. The van der Waals surface area contributed by atoms with Crippen molar-refractivity contribution in [2.75, 3.05) is 12.4 Å². The molecule has 0 spiro atoms. The van der Waals surface area contributed by atoms with Crippen molar-refractivity contribution in [3.05, 3.63) is 0 Å². The van der Waals surface area contributed by atoms with Crippen LogP contribution in [0.25, 0.3) is 0 Å². The third kappa shape index (κ3) is 1.67. The number of hydrogen-bond acceptors (Lipinski definition) is 2. The van der Waals surface area contributed by atoms with Crippen LogP contribution in [0.15, 0.2) is 0 Å². The fraction of sp³-hybridized carbons (Fsp3) is 1.00. The lowest BCUT2D eigenvalue weighted by Gasteiger charge is -2.36. The third-order valence-electron chi connectivity index (χ3n) is 2.11. The van der Waals surface area contributed by atoms with E-state index in [1.165, 1.54) is 12.2 Å². The fourth-order valence-electron chi connectivity index (χ4n) is 0.984. The van der Waals surface area contributed by atoms with E-state index in [0.717, 1.165) is 6.61 Å². The average Bonchev–Trinajstić information content (AvgIpc) is 1.89. The van der Waals surface area contributed by atoms with Crippen LogP contribution in [-0.2, 0) is 4.74 Å². The molecule has 2 heteroatoms. The highest BCUT2D eigenvalue weighted by atomic mass is 32.2. The summed E-state index contributed by atoms with van der Waals surface area (Å²) < 4.78 is 5.69. The summed E-state index contributed by atoms with van der Waals surface area (Å²) in [4.78, 5) is 0.0955. The van der Waals surface area contributed by atoms with Crippen molar-refractivity contribution in [1.29, 1.82) is 0 Å². The average molecular weight is 160 g/mol. The molecule has 1 saturated heterocycles. The van der Waals surface area contributed by atoms with Crippen LogP contribution in [0.5, 0.6) is 0 Å². The minimum atomic E-state index is 0.0955. The molecule has 1 atom stereocenters. The zero-order valence-electron chi connectivity index (χ0n) is 7.02. The molecular weight excluding hydrogens is 144 g/mol. The highest BCUT2D eigenvalue weighted by Gasteiger charge is 2.31. The van der Waals surface area contributed by atoms with Crippen molar-refractivity contribution in [1.82, 2.24) is 0 Å². The van der Waals surface area contributed by atoms with Gasteiger partial charge in [-0.3, -0.25) is 0 Å². The molecule has 0 N–H and O–H groups in total. The standard InChI is InChI=1S/C8H16OS/c1-7(2)8(3)9-5-4-6-10-8/h7H,4-6H2,1-3H3. The van der Waals surface area contributed by atoms with Gasteiger partial charge in [-0.05, 0) is 25.0 Å². The van der Waals surface area contributed by atoms with Gasteiger partial charge in [0.15, 0.2) is 0 Å². The predicted octanol–water partition coefficient (Wildman–Crippen LogP) is 2.51. The highest BCUT2D eigenvalue weighted by Crippen LogP contribution is 2.37. The highest BCUT2D eigenvalue weighted by molar-refractivity contribution is 8.00. The second-order valence-corrected chi connectivity index (χ2v) is 4.73. The van der Waals surface area contributed by atoms with E-state index in [2.05, 4.69) is 20.8 Å². The second kappa shape index (κ2) is 3.14. The molecule has 1 rings (SSSR count). The number of rotatable bonds is 1. The third-order valence-corrected chi connectivity index (χ3v) is 3.77. The van der Waals surface area contributed by atoms with Crippen LogP contribution >= 0.6 is 11.8 Å². The molecule has 60 valence electrons. The van der Waals surface area contributed by atoms with E-state index in [9.17, 15) is 0 Å². The summed E-state index contributed by atoms with van der Waals surface area (Å²) in [6, 6.07) is 0.